The Labute approximate surface area is 174 Å². The van der Waals surface area contributed by atoms with E-state index in [1.165, 1.54) is 0 Å². The van der Waals surface area contributed by atoms with Gasteiger partial charge in [0.15, 0.2) is 0 Å². The lowest BCUT2D eigenvalue weighted by Gasteiger charge is -2.39. The number of amides is 2. The minimum Gasteiger partial charge on any atom is -0.354 e. The summed E-state index contributed by atoms with van der Waals surface area (Å²) in [4.78, 5) is 26.8. The second-order valence-electron chi connectivity index (χ2n) is 7.56. The lowest BCUT2D eigenvalue weighted by atomic mass is 10.0. The Kier molecular flexibility index (Phi) is 6.62. The van der Waals surface area contributed by atoms with Crippen molar-refractivity contribution in [3.8, 4) is 0 Å². The zero-order valence-corrected chi connectivity index (χ0v) is 17.9. The van der Waals surface area contributed by atoms with E-state index >= 15 is 0 Å². The number of benzene rings is 1. The molecule has 0 radical (unpaired) electrons. The third kappa shape index (κ3) is 4.91. The number of piperidine rings is 1. The monoisotopic (exact) mass is 429 g/mol. The molecule has 1 spiro atoms. The number of hydrogen-bond donors (Lipinski definition) is 2. The molecule has 0 bridgehead atoms. The second-order valence-corrected chi connectivity index (χ2v) is 9.80. The van der Waals surface area contributed by atoms with E-state index in [1.807, 2.05) is 4.90 Å². The molecular formula is C19H25Cl2N3O2S. The maximum atomic E-state index is 12.8. The largest absolute Gasteiger partial charge is 0.354 e. The molecule has 2 aliphatic heterocycles. The zero-order valence-electron chi connectivity index (χ0n) is 15.6. The van der Waals surface area contributed by atoms with Crippen LogP contribution in [0.3, 0.4) is 0 Å². The highest BCUT2D eigenvalue weighted by atomic mass is 35.5. The number of rotatable bonds is 4. The normalized spacial score (nSPS) is 21.7. The van der Waals surface area contributed by atoms with Gasteiger partial charge in [0.2, 0.25) is 5.91 Å². The number of hydrogen-bond acceptors (Lipinski definition) is 4. The summed E-state index contributed by atoms with van der Waals surface area (Å²) in [6.45, 7) is 6.13. The van der Waals surface area contributed by atoms with E-state index in [9.17, 15) is 9.59 Å². The molecule has 2 fully saturated rings. The van der Waals surface area contributed by atoms with Gasteiger partial charge in [-0.25, -0.2) is 0 Å². The van der Waals surface area contributed by atoms with Gasteiger partial charge in [0.05, 0.1) is 21.5 Å². The van der Waals surface area contributed by atoms with Crippen LogP contribution < -0.4 is 10.6 Å². The fourth-order valence-corrected chi connectivity index (χ4v) is 5.31. The molecule has 1 unspecified atom stereocenters. The Hall–Kier alpha value is -0.950. The number of carbonyl (C=O) groups is 2. The van der Waals surface area contributed by atoms with Crippen molar-refractivity contribution in [3.05, 3.63) is 33.8 Å². The van der Waals surface area contributed by atoms with E-state index in [2.05, 4.69) is 24.5 Å². The zero-order chi connectivity index (χ0) is 19.6. The Balaban J connectivity index is 1.56. The van der Waals surface area contributed by atoms with Crippen LogP contribution >= 0.6 is 35.0 Å². The summed E-state index contributed by atoms with van der Waals surface area (Å²) in [5.74, 6) is 1.20. The van der Waals surface area contributed by atoms with E-state index in [1.54, 1.807) is 30.0 Å². The van der Waals surface area contributed by atoms with Crippen LogP contribution in [0.5, 0.6) is 0 Å². The summed E-state index contributed by atoms with van der Waals surface area (Å²) in [6.07, 6.45) is 1.62. The van der Waals surface area contributed by atoms with Crippen LogP contribution in [0.1, 0.15) is 37.0 Å². The quantitative estimate of drug-likeness (QED) is 0.769. The Morgan fingerprint density at radius 3 is 2.67 bits per heavy atom. The molecular weight excluding hydrogens is 405 g/mol. The van der Waals surface area contributed by atoms with Gasteiger partial charge in [0.25, 0.3) is 5.91 Å². The third-order valence-electron chi connectivity index (χ3n) is 4.98. The first-order valence-electron chi connectivity index (χ1n) is 9.23. The maximum absolute atomic E-state index is 12.8. The van der Waals surface area contributed by atoms with Crippen molar-refractivity contribution in [2.75, 3.05) is 25.4 Å². The number of likely N-dealkylation sites (tertiary alicyclic amines) is 1. The number of nitrogens with one attached hydrogen (secondary N) is 2. The molecule has 2 N–H and O–H groups in total. The number of carbonyl (C=O) groups excluding carboxylic acids is 2. The minimum atomic E-state index is -0.165. The highest BCUT2D eigenvalue weighted by Crippen LogP contribution is 2.39. The fraction of sp³-hybridized carbons (Fsp3) is 0.579. The number of thioether (sulfide) groups is 1. The van der Waals surface area contributed by atoms with Crippen molar-refractivity contribution in [2.45, 2.75) is 37.6 Å². The molecule has 2 amide bonds. The smallest absolute Gasteiger partial charge is 0.255 e. The van der Waals surface area contributed by atoms with Crippen LogP contribution in [0.2, 0.25) is 10.0 Å². The van der Waals surface area contributed by atoms with E-state index in [0.717, 1.165) is 18.6 Å². The molecule has 0 saturated carbocycles. The van der Waals surface area contributed by atoms with Crippen molar-refractivity contribution in [2.24, 2.45) is 5.92 Å². The van der Waals surface area contributed by atoms with E-state index in [4.69, 9.17) is 23.2 Å². The van der Waals surface area contributed by atoms with Gasteiger partial charge in [-0.05, 0) is 37.0 Å². The van der Waals surface area contributed by atoms with Crippen LogP contribution in [0.4, 0.5) is 0 Å². The van der Waals surface area contributed by atoms with Crippen LogP contribution in [0, 0.1) is 5.92 Å². The van der Waals surface area contributed by atoms with Gasteiger partial charge in [0, 0.05) is 30.4 Å². The SMILES string of the molecule is CC(C)CNC(=O)C1CSC2(CCN(C(=O)c3ccc(Cl)cc3Cl)CC2)N1. The molecule has 1 atom stereocenters. The number of nitrogens with zero attached hydrogens (tertiary/aromatic N) is 1. The molecule has 0 aliphatic carbocycles. The molecule has 148 valence electrons. The van der Waals surface area contributed by atoms with Crippen LogP contribution in [-0.4, -0.2) is 53.0 Å². The minimum absolute atomic E-state index is 0.0688. The van der Waals surface area contributed by atoms with Gasteiger partial charge in [-0.3, -0.25) is 14.9 Å². The van der Waals surface area contributed by atoms with Crippen molar-refractivity contribution in [3.63, 3.8) is 0 Å². The van der Waals surface area contributed by atoms with E-state index in [-0.39, 0.29) is 22.7 Å². The molecule has 3 rings (SSSR count). The molecule has 2 aliphatic rings. The standard InChI is InChI=1S/C19H25Cl2N3O2S/c1-12(2)10-22-17(25)16-11-27-19(23-16)5-7-24(8-6-19)18(26)14-4-3-13(20)9-15(14)21/h3-4,9,12,16,23H,5-8,10-11H2,1-2H3,(H,22,25). The predicted octanol–water partition coefficient (Wildman–Crippen LogP) is 3.40. The lowest BCUT2D eigenvalue weighted by Crippen LogP contribution is -2.54. The van der Waals surface area contributed by atoms with E-state index < -0.39 is 0 Å². The first-order valence-corrected chi connectivity index (χ1v) is 11.0. The summed E-state index contributed by atoms with van der Waals surface area (Å²) in [5.41, 5.74) is 0.481. The summed E-state index contributed by atoms with van der Waals surface area (Å²) in [5, 5.41) is 7.41. The van der Waals surface area contributed by atoms with Crippen molar-refractivity contribution in [1.82, 2.24) is 15.5 Å². The molecule has 2 saturated heterocycles. The predicted molar refractivity (Wildman–Crippen MR) is 112 cm³/mol. The lowest BCUT2D eigenvalue weighted by molar-refractivity contribution is -0.122. The number of halogens is 2. The fourth-order valence-electron chi connectivity index (χ4n) is 3.41. The molecule has 2 heterocycles. The maximum Gasteiger partial charge on any atom is 0.255 e. The van der Waals surface area contributed by atoms with Crippen LogP contribution in [-0.2, 0) is 4.79 Å². The Bertz CT molecular complexity index is 721. The van der Waals surface area contributed by atoms with Gasteiger partial charge >= 0.3 is 0 Å². The van der Waals surface area contributed by atoms with Crippen molar-refractivity contribution < 1.29 is 9.59 Å². The molecule has 0 aromatic heterocycles. The Morgan fingerprint density at radius 1 is 1.33 bits per heavy atom. The molecule has 8 heteroatoms. The molecule has 27 heavy (non-hydrogen) atoms. The van der Waals surface area contributed by atoms with Crippen LogP contribution in [0.25, 0.3) is 0 Å². The van der Waals surface area contributed by atoms with E-state index in [0.29, 0.717) is 41.2 Å². The van der Waals surface area contributed by atoms with Crippen molar-refractivity contribution in [1.29, 1.82) is 0 Å². The Morgan fingerprint density at radius 2 is 2.04 bits per heavy atom. The van der Waals surface area contributed by atoms with Gasteiger partial charge in [-0.2, -0.15) is 0 Å². The summed E-state index contributed by atoms with van der Waals surface area (Å²) in [7, 11) is 0. The molecule has 1 aromatic rings. The third-order valence-corrected chi connectivity index (χ3v) is 7.11. The first-order chi connectivity index (χ1) is 12.8. The average Bonchev–Trinajstić information content (AvgIpc) is 3.03. The molecule has 1 aromatic carbocycles. The summed E-state index contributed by atoms with van der Waals surface area (Å²) < 4.78 is 0. The molecule has 5 nitrogen and oxygen atoms in total. The summed E-state index contributed by atoms with van der Waals surface area (Å²) >= 11 is 13.9. The van der Waals surface area contributed by atoms with Gasteiger partial charge in [0.1, 0.15) is 0 Å². The van der Waals surface area contributed by atoms with Crippen molar-refractivity contribution >= 4 is 46.8 Å². The average molecular weight is 430 g/mol. The second kappa shape index (κ2) is 8.60. The highest BCUT2D eigenvalue weighted by Gasteiger charge is 2.44. The van der Waals surface area contributed by atoms with Gasteiger partial charge in [-0.1, -0.05) is 37.0 Å². The topological polar surface area (TPSA) is 61.4 Å². The van der Waals surface area contributed by atoms with Crippen LogP contribution in [0.15, 0.2) is 18.2 Å². The first kappa shape index (κ1) is 20.8. The van der Waals surface area contributed by atoms with Gasteiger partial charge < -0.3 is 10.2 Å². The highest BCUT2D eigenvalue weighted by molar-refractivity contribution is 8.01. The summed E-state index contributed by atoms with van der Waals surface area (Å²) in [6, 6.07) is 4.79. The van der Waals surface area contributed by atoms with Gasteiger partial charge in [-0.15, -0.1) is 11.8 Å².